The van der Waals surface area contributed by atoms with Gasteiger partial charge in [-0.3, -0.25) is 0 Å². The van der Waals surface area contributed by atoms with E-state index in [0.29, 0.717) is 12.0 Å². The lowest BCUT2D eigenvalue weighted by Gasteiger charge is -2.11. The Hall–Kier alpha value is -1.09. The Balaban J connectivity index is 2.76. The molecule has 0 fully saturated rings. The van der Waals surface area contributed by atoms with E-state index in [9.17, 15) is 9.50 Å². The topological polar surface area (TPSA) is 29.5 Å². The number of hydrogen-bond donors (Lipinski definition) is 1. The van der Waals surface area contributed by atoms with Crippen molar-refractivity contribution in [2.45, 2.75) is 32.3 Å². The van der Waals surface area contributed by atoms with Crippen LogP contribution in [0.5, 0.6) is 5.75 Å². The van der Waals surface area contributed by atoms with Gasteiger partial charge in [0.2, 0.25) is 0 Å². The smallest absolute Gasteiger partial charge is 0.165 e. The van der Waals surface area contributed by atoms with Crippen LogP contribution in [0.4, 0.5) is 4.39 Å². The molecule has 0 radical (unpaired) electrons. The molecule has 0 heterocycles. The standard InChI is InChI=1S/C12H17FO2/c1-3-4-5-11(14)9-6-7-10(13)12(8-9)15-2/h6-8,11,14H,3-5H2,1-2H3. The summed E-state index contributed by atoms with van der Waals surface area (Å²) >= 11 is 0. The fraction of sp³-hybridized carbons (Fsp3) is 0.500. The number of hydrogen-bond acceptors (Lipinski definition) is 2. The average Bonchev–Trinajstić information content (AvgIpc) is 2.26. The number of methoxy groups -OCH3 is 1. The Labute approximate surface area is 89.7 Å². The van der Waals surface area contributed by atoms with Gasteiger partial charge in [-0.25, -0.2) is 4.39 Å². The average molecular weight is 212 g/mol. The maximum atomic E-state index is 13.1. The molecule has 0 bridgehead atoms. The van der Waals surface area contributed by atoms with Gasteiger partial charge < -0.3 is 9.84 Å². The number of unbranched alkanes of at least 4 members (excludes halogenated alkanes) is 1. The van der Waals surface area contributed by atoms with Gasteiger partial charge in [-0.05, 0) is 24.1 Å². The summed E-state index contributed by atoms with van der Waals surface area (Å²) in [5.41, 5.74) is 0.710. The molecule has 1 aromatic rings. The summed E-state index contributed by atoms with van der Waals surface area (Å²) in [7, 11) is 1.42. The first-order valence-corrected chi connectivity index (χ1v) is 5.20. The van der Waals surface area contributed by atoms with Gasteiger partial charge >= 0.3 is 0 Å². The predicted molar refractivity (Wildman–Crippen MR) is 57.4 cm³/mol. The maximum Gasteiger partial charge on any atom is 0.165 e. The minimum absolute atomic E-state index is 0.183. The zero-order chi connectivity index (χ0) is 11.3. The van der Waals surface area contributed by atoms with E-state index < -0.39 is 11.9 Å². The molecule has 0 aliphatic carbocycles. The van der Waals surface area contributed by atoms with E-state index >= 15 is 0 Å². The van der Waals surface area contributed by atoms with Crippen molar-refractivity contribution < 1.29 is 14.2 Å². The van der Waals surface area contributed by atoms with Gasteiger partial charge in [0.25, 0.3) is 0 Å². The highest BCUT2D eigenvalue weighted by atomic mass is 19.1. The highest BCUT2D eigenvalue weighted by Gasteiger charge is 2.10. The van der Waals surface area contributed by atoms with E-state index in [1.165, 1.54) is 13.2 Å². The molecule has 0 spiro atoms. The molecule has 2 nitrogen and oxygen atoms in total. The molecule has 0 aliphatic rings. The predicted octanol–water partition coefficient (Wildman–Crippen LogP) is 3.06. The van der Waals surface area contributed by atoms with Crippen LogP contribution in [0.15, 0.2) is 18.2 Å². The van der Waals surface area contributed by atoms with Gasteiger partial charge in [-0.15, -0.1) is 0 Å². The summed E-state index contributed by atoms with van der Waals surface area (Å²) in [6.07, 6.45) is 2.17. The third kappa shape index (κ3) is 3.20. The van der Waals surface area contributed by atoms with Crippen molar-refractivity contribution in [3.63, 3.8) is 0 Å². The van der Waals surface area contributed by atoms with Crippen LogP contribution in [0.2, 0.25) is 0 Å². The number of aliphatic hydroxyl groups is 1. The van der Waals surface area contributed by atoms with Gasteiger partial charge in [0.05, 0.1) is 13.2 Å². The lowest BCUT2D eigenvalue weighted by molar-refractivity contribution is 0.163. The molecule has 0 aromatic heterocycles. The van der Waals surface area contributed by atoms with E-state index in [2.05, 4.69) is 6.92 Å². The Morgan fingerprint density at radius 3 is 2.80 bits per heavy atom. The Bertz CT molecular complexity index is 312. The highest BCUT2D eigenvalue weighted by molar-refractivity contribution is 5.31. The van der Waals surface area contributed by atoms with E-state index in [-0.39, 0.29) is 5.75 Å². The second kappa shape index (κ2) is 5.71. The normalized spacial score (nSPS) is 12.5. The third-order valence-corrected chi connectivity index (χ3v) is 2.39. The monoisotopic (exact) mass is 212 g/mol. The van der Waals surface area contributed by atoms with Crippen molar-refractivity contribution in [3.05, 3.63) is 29.6 Å². The first-order valence-electron chi connectivity index (χ1n) is 5.20. The first kappa shape index (κ1) is 12.0. The zero-order valence-corrected chi connectivity index (χ0v) is 9.16. The molecular weight excluding hydrogens is 195 g/mol. The van der Waals surface area contributed by atoms with Crippen molar-refractivity contribution in [1.29, 1.82) is 0 Å². The lowest BCUT2D eigenvalue weighted by Crippen LogP contribution is -1.99. The van der Waals surface area contributed by atoms with E-state index in [1.807, 2.05) is 0 Å². The van der Waals surface area contributed by atoms with Crippen LogP contribution in [0, 0.1) is 5.82 Å². The summed E-state index contributed by atoms with van der Waals surface area (Å²) < 4.78 is 17.9. The van der Waals surface area contributed by atoms with Gasteiger partial charge in [-0.1, -0.05) is 25.8 Å². The SMILES string of the molecule is CCCCC(O)c1ccc(F)c(OC)c1. The van der Waals surface area contributed by atoms with Crippen LogP contribution in [-0.4, -0.2) is 12.2 Å². The number of ether oxygens (including phenoxy) is 1. The van der Waals surface area contributed by atoms with E-state index in [4.69, 9.17) is 4.74 Å². The largest absolute Gasteiger partial charge is 0.494 e. The van der Waals surface area contributed by atoms with Crippen LogP contribution >= 0.6 is 0 Å². The molecule has 0 saturated heterocycles. The van der Waals surface area contributed by atoms with Crippen molar-refractivity contribution in [2.75, 3.05) is 7.11 Å². The molecule has 0 saturated carbocycles. The molecule has 1 aromatic carbocycles. The Kier molecular flexibility index (Phi) is 4.56. The summed E-state index contributed by atoms with van der Waals surface area (Å²) in [6.45, 7) is 2.07. The van der Waals surface area contributed by atoms with Crippen molar-refractivity contribution in [2.24, 2.45) is 0 Å². The van der Waals surface area contributed by atoms with Gasteiger partial charge in [-0.2, -0.15) is 0 Å². The second-order valence-electron chi connectivity index (χ2n) is 3.55. The molecule has 1 atom stereocenters. The molecule has 84 valence electrons. The molecule has 1 N–H and O–H groups in total. The lowest BCUT2D eigenvalue weighted by atomic mass is 10.0. The molecule has 1 rings (SSSR count). The van der Waals surface area contributed by atoms with Gasteiger partial charge in [0, 0.05) is 0 Å². The highest BCUT2D eigenvalue weighted by Crippen LogP contribution is 2.25. The van der Waals surface area contributed by atoms with Crippen LogP contribution in [0.25, 0.3) is 0 Å². The van der Waals surface area contributed by atoms with Crippen LogP contribution < -0.4 is 4.74 Å². The van der Waals surface area contributed by atoms with Crippen LogP contribution in [0.1, 0.15) is 37.9 Å². The van der Waals surface area contributed by atoms with E-state index in [1.54, 1.807) is 12.1 Å². The second-order valence-corrected chi connectivity index (χ2v) is 3.55. The molecule has 1 unspecified atom stereocenters. The van der Waals surface area contributed by atoms with Crippen molar-refractivity contribution in [3.8, 4) is 5.75 Å². The van der Waals surface area contributed by atoms with Gasteiger partial charge in [0.15, 0.2) is 11.6 Å². The van der Waals surface area contributed by atoms with E-state index in [0.717, 1.165) is 12.8 Å². The molecule has 0 amide bonds. The van der Waals surface area contributed by atoms with Crippen LogP contribution in [0.3, 0.4) is 0 Å². The fourth-order valence-corrected chi connectivity index (χ4v) is 1.45. The number of halogens is 1. The maximum absolute atomic E-state index is 13.1. The van der Waals surface area contributed by atoms with Crippen molar-refractivity contribution in [1.82, 2.24) is 0 Å². The molecular formula is C12H17FO2. The number of aliphatic hydroxyl groups excluding tert-OH is 1. The molecule has 15 heavy (non-hydrogen) atoms. The first-order chi connectivity index (χ1) is 7.19. The quantitative estimate of drug-likeness (QED) is 0.812. The summed E-state index contributed by atoms with van der Waals surface area (Å²) in [5, 5.41) is 9.78. The number of rotatable bonds is 5. The third-order valence-electron chi connectivity index (χ3n) is 2.39. The Morgan fingerprint density at radius 1 is 1.47 bits per heavy atom. The van der Waals surface area contributed by atoms with Crippen LogP contribution in [-0.2, 0) is 0 Å². The number of benzene rings is 1. The zero-order valence-electron chi connectivity index (χ0n) is 9.16. The molecule has 0 aliphatic heterocycles. The minimum atomic E-state index is -0.528. The fourth-order valence-electron chi connectivity index (χ4n) is 1.45. The van der Waals surface area contributed by atoms with Gasteiger partial charge in [0.1, 0.15) is 0 Å². The minimum Gasteiger partial charge on any atom is -0.494 e. The molecule has 3 heteroatoms. The summed E-state index contributed by atoms with van der Waals surface area (Å²) in [4.78, 5) is 0. The van der Waals surface area contributed by atoms with Crippen molar-refractivity contribution >= 4 is 0 Å². The summed E-state index contributed by atoms with van der Waals surface area (Å²) in [5.74, 6) is -0.216. The Morgan fingerprint density at radius 2 is 2.20 bits per heavy atom. The summed E-state index contributed by atoms with van der Waals surface area (Å²) in [6, 6.07) is 4.47.